The van der Waals surface area contributed by atoms with Crippen LogP contribution in [0.1, 0.15) is 0 Å². The Morgan fingerprint density at radius 1 is 1.29 bits per heavy atom. The van der Waals surface area contributed by atoms with Crippen molar-refractivity contribution in [3.63, 3.8) is 0 Å². The molecular weight excluding hydrogens is 246 g/mol. The largest absolute Gasteiger partial charge is 0.396 e. The number of nitrogen functional groups attached to an aromatic ring is 1. The molecule has 0 spiro atoms. The molecule has 0 radical (unpaired) electrons. The molecule has 0 bridgehead atoms. The van der Waals surface area contributed by atoms with Gasteiger partial charge in [0.1, 0.15) is 5.69 Å². The third-order valence-corrected chi connectivity index (χ3v) is 2.21. The molecule has 0 aliphatic carbocycles. The molecule has 0 atom stereocenters. The van der Waals surface area contributed by atoms with E-state index in [1.165, 1.54) is 0 Å². The van der Waals surface area contributed by atoms with Crippen molar-refractivity contribution in [2.75, 3.05) is 5.73 Å². The van der Waals surface area contributed by atoms with Gasteiger partial charge in [-0.15, -0.1) is 0 Å². The van der Waals surface area contributed by atoms with Crippen LogP contribution in [0.2, 0.25) is 0 Å². The van der Waals surface area contributed by atoms with E-state index < -0.39 is 0 Å². The van der Waals surface area contributed by atoms with Crippen molar-refractivity contribution in [3.05, 3.63) is 23.1 Å². The molecule has 0 amide bonds. The van der Waals surface area contributed by atoms with Crippen LogP contribution in [0, 0.1) is 0 Å². The van der Waals surface area contributed by atoms with Gasteiger partial charge in [-0.3, -0.25) is 4.68 Å². The maximum Gasteiger partial charge on any atom is 0.179 e. The van der Waals surface area contributed by atoms with Crippen LogP contribution in [0.5, 0.6) is 0 Å². The predicted molar refractivity (Wildman–Crippen MR) is 56.3 cm³/mol. The third-order valence-electron chi connectivity index (χ3n) is 1.80. The molecule has 6 heteroatoms. The SMILES string of the molecule is Cn1ncc(N)c1-c1ncc(Br)cn1. The number of halogens is 1. The molecule has 2 rings (SSSR count). The van der Waals surface area contributed by atoms with Crippen LogP contribution in [0.25, 0.3) is 11.5 Å². The Bertz CT molecular complexity index is 428. The zero-order chi connectivity index (χ0) is 10.1. The summed E-state index contributed by atoms with van der Waals surface area (Å²) < 4.78 is 2.49. The second kappa shape index (κ2) is 3.38. The van der Waals surface area contributed by atoms with E-state index in [4.69, 9.17) is 5.73 Å². The maximum absolute atomic E-state index is 5.74. The van der Waals surface area contributed by atoms with Crippen LogP contribution in [0.15, 0.2) is 23.1 Å². The van der Waals surface area contributed by atoms with Gasteiger partial charge in [-0.1, -0.05) is 0 Å². The van der Waals surface area contributed by atoms with E-state index in [2.05, 4.69) is 31.0 Å². The Kier molecular flexibility index (Phi) is 2.20. The minimum atomic E-state index is 0.575. The highest BCUT2D eigenvalue weighted by atomic mass is 79.9. The number of rotatable bonds is 1. The molecule has 0 aliphatic heterocycles. The molecule has 2 heterocycles. The predicted octanol–water partition coefficient (Wildman–Crippen LogP) is 1.22. The Hall–Kier alpha value is -1.43. The number of hydrogen-bond acceptors (Lipinski definition) is 4. The van der Waals surface area contributed by atoms with Gasteiger partial charge in [0.15, 0.2) is 5.82 Å². The number of aryl methyl sites for hydroxylation is 1. The van der Waals surface area contributed by atoms with Gasteiger partial charge >= 0.3 is 0 Å². The lowest BCUT2D eigenvalue weighted by Crippen LogP contribution is -1.99. The number of hydrogen-bond donors (Lipinski definition) is 1. The van der Waals surface area contributed by atoms with Gasteiger partial charge in [-0.05, 0) is 15.9 Å². The van der Waals surface area contributed by atoms with Crippen molar-refractivity contribution in [1.29, 1.82) is 0 Å². The smallest absolute Gasteiger partial charge is 0.179 e. The normalized spacial score (nSPS) is 10.4. The molecule has 0 unspecified atom stereocenters. The Morgan fingerprint density at radius 2 is 1.93 bits per heavy atom. The molecule has 2 N–H and O–H groups in total. The van der Waals surface area contributed by atoms with Gasteiger partial charge in [-0.25, -0.2) is 9.97 Å². The Labute approximate surface area is 89.1 Å². The highest BCUT2D eigenvalue weighted by Crippen LogP contribution is 2.21. The molecule has 2 aromatic rings. The minimum absolute atomic E-state index is 0.575. The first-order valence-electron chi connectivity index (χ1n) is 3.94. The summed E-state index contributed by atoms with van der Waals surface area (Å²) in [6, 6.07) is 0. The van der Waals surface area contributed by atoms with E-state index in [1.807, 2.05) is 0 Å². The zero-order valence-corrected chi connectivity index (χ0v) is 9.06. The second-order valence-electron chi connectivity index (χ2n) is 2.80. The van der Waals surface area contributed by atoms with Crippen LogP contribution in [0.4, 0.5) is 5.69 Å². The van der Waals surface area contributed by atoms with Crippen molar-refractivity contribution in [2.24, 2.45) is 7.05 Å². The third kappa shape index (κ3) is 1.48. The molecule has 0 aliphatic rings. The molecule has 5 nitrogen and oxygen atoms in total. The molecule has 72 valence electrons. The summed E-state index contributed by atoms with van der Waals surface area (Å²) >= 11 is 3.27. The van der Waals surface area contributed by atoms with E-state index in [9.17, 15) is 0 Å². The first kappa shape index (κ1) is 9.14. The van der Waals surface area contributed by atoms with Gasteiger partial charge in [-0.2, -0.15) is 5.10 Å². The molecule has 0 fully saturated rings. The molecule has 2 aromatic heterocycles. The molecular formula is C8H8BrN5. The van der Waals surface area contributed by atoms with Gasteiger partial charge in [0.2, 0.25) is 0 Å². The van der Waals surface area contributed by atoms with Crippen molar-refractivity contribution in [2.45, 2.75) is 0 Å². The second-order valence-corrected chi connectivity index (χ2v) is 3.71. The standard InChI is InChI=1S/C8H8BrN5/c1-14-7(6(10)4-13-14)8-11-2-5(9)3-12-8/h2-4H,10H2,1H3. The lowest BCUT2D eigenvalue weighted by molar-refractivity contribution is 0.770. The highest BCUT2D eigenvalue weighted by molar-refractivity contribution is 9.10. The number of nitrogens with two attached hydrogens (primary N) is 1. The Balaban J connectivity index is 2.54. The number of aromatic nitrogens is 4. The Morgan fingerprint density at radius 3 is 2.43 bits per heavy atom. The zero-order valence-electron chi connectivity index (χ0n) is 7.48. The maximum atomic E-state index is 5.74. The van der Waals surface area contributed by atoms with E-state index in [0.29, 0.717) is 11.5 Å². The lowest BCUT2D eigenvalue weighted by Gasteiger charge is -2.01. The van der Waals surface area contributed by atoms with Gasteiger partial charge < -0.3 is 5.73 Å². The van der Waals surface area contributed by atoms with Crippen LogP contribution >= 0.6 is 15.9 Å². The molecule has 0 saturated carbocycles. The summed E-state index contributed by atoms with van der Waals surface area (Å²) in [6.45, 7) is 0. The van der Waals surface area contributed by atoms with Crippen LogP contribution in [-0.4, -0.2) is 19.7 Å². The quantitative estimate of drug-likeness (QED) is 0.830. The van der Waals surface area contributed by atoms with Crippen LogP contribution in [0.3, 0.4) is 0 Å². The highest BCUT2D eigenvalue weighted by Gasteiger charge is 2.10. The topological polar surface area (TPSA) is 69.6 Å². The van der Waals surface area contributed by atoms with E-state index in [-0.39, 0.29) is 0 Å². The number of anilines is 1. The van der Waals surface area contributed by atoms with Crippen molar-refractivity contribution in [3.8, 4) is 11.5 Å². The summed E-state index contributed by atoms with van der Waals surface area (Å²) in [7, 11) is 1.80. The fourth-order valence-electron chi connectivity index (χ4n) is 1.16. The molecule has 14 heavy (non-hydrogen) atoms. The van der Waals surface area contributed by atoms with Gasteiger partial charge in [0.05, 0.1) is 16.4 Å². The van der Waals surface area contributed by atoms with E-state index >= 15 is 0 Å². The van der Waals surface area contributed by atoms with E-state index in [1.54, 1.807) is 30.3 Å². The summed E-state index contributed by atoms with van der Waals surface area (Å²) in [5, 5.41) is 4.01. The fourth-order valence-corrected chi connectivity index (χ4v) is 1.37. The summed E-state index contributed by atoms with van der Waals surface area (Å²) in [4.78, 5) is 8.29. The lowest BCUT2D eigenvalue weighted by atomic mass is 10.3. The summed E-state index contributed by atoms with van der Waals surface area (Å²) in [6.07, 6.45) is 4.93. The average molecular weight is 254 g/mol. The minimum Gasteiger partial charge on any atom is -0.396 e. The summed E-state index contributed by atoms with van der Waals surface area (Å²) in [5.41, 5.74) is 7.05. The van der Waals surface area contributed by atoms with Gasteiger partial charge in [0.25, 0.3) is 0 Å². The van der Waals surface area contributed by atoms with Crippen molar-refractivity contribution >= 4 is 21.6 Å². The fraction of sp³-hybridized carbons (Fsp3) is 0.125. The summed E-state index contributed by atoms with van der Waals surface area (Å²) in [5.74, 6) is 0.575. The first-order valence-corrected chi connectivity index (χ1v) is 4.73. The number of nitrogens with zero attached hydrogens (tertiary/aromatic N) is 4. The van der Waals surface area contributed by atoms with Crippen molar-refractivity contribution in [1.82, 2.24) is 19.7 Å². The molecule has 0 saturated heterocycles. The van der Waals surface area contributed by atoms with Gasteiger partial charge in [0, 0.05) is 19.4 Å². The monoisotopic (exact) mass is 253 g/mol. The van der Waals surface area contributed by atoms with Crippen LogP contribution < -0.4 is 5.73 Å². The first-order chi connectivity index (χ1) is 6.68. The average Bonchev–Trinajstić information content (AvgIpc) is 2.49. The van der Waals surface area contributed by atoms with E-state index in [0.717, 1.165) is 10.2 Å². The van der Waals surface area contributed by atoms with Crippen molar-refractivity contribution < 1.29 is 0 Å². The molecule has 0 aromatic carbocycles. The van der Waals surface area contributed by atoms with Crippen LogP contribution in [-0.2, 0) is 7.05 Å².